The summed E-state index contributed by atoms with van der Waals surface area (Å²) in [6, 6.07) is 11.1. The van der Waals surface area contributed by atoms with Gasteiger partial charge in [0.25, 0.3) is 0 Å². The fourth-order valence-corrected chi connectivity index (χ4v) is 3.15. The first-order valence-corrected chi connectivity index (χ1v) is 7.53. The second kappa shape index (κ2) is 6.94. The summed E-state index contributed by atoms with van der Waals surface area (Å²) in [5, 5.41) is 3.65. The van der Waals surface area contributed by atoms with Crippen LogP contribution in [0.1, 0.15) is 51.0 Å². The first kappa shape index (κ1) is 13.6. The van der Waals surface area contributed by atoms with Gasteiger partial charge in [-0.25, -0.2) is 0 Å². The highest BCUT2D eigenvalue weighted by atomic mass is 14.9. The molecule has 2 unspecified atom stereocenters. The van der Waals surface area contributed by atoms with Gasteiger partial charge in [0, 0.05) is 0 Å². The molecule has 1 aliphatic carbocycles. The maximum absolute atomic E-state index is 3.65. The van der Waals surface area contributed by atoms with Gasteiger partial charge in [0.05, 0.1) is 0 Å². The van der Waals surface area contributed by atoms with Crippen molar-refractivity contribution in [3.8, 4) is 0 Å². The average Bonchev–Trinajstić information content (AvgIpc) is 2.40. The van der Waals surface area contributed by atoms with Crippen LogP contribution in [0.3, 0.4) is 0 Å². The Kier molecular flexibility index (Phi) is 5.25. The highest BCUT2D eigenvalue weighted by Gasteiger charge is 2.25. The minimum atomic E-state index is 0.753. The average molecular weight is 245 g/mol. The van der Waals surface area contributed by atoms with Gasteiger partial charge in [-0.3, -0.25) is 0 Å². The number of nitrogens with one attached hydrogen (secondary N) is 1. The Balaban J connectivity index is 1.94. The standard InChI is InChI=1S/C17H27N/c1-14(2)12-18-13-16-10-6-7-11-17(16)15-8-4-3-5-9-15/h3-5,8-9,14,16-18H,6-7,10-13H2,1-2H3. The molecule has 0 aliphatic heterocycles. The number of rotatable bonds is 5. The van der Waals surface area contributed by atoms with Gasteiger partial charge in [-0.1, -0.05) is 57.0 Å². The number of benzene rings is 1. The van der Waals surface area contributed by atoms with Crippen LogP contribution in [0.2, 0.25) is 0 Å². The summed E-state index contributed by atoms with van der Waals surface area (Å²) in [7, 11) is 0. The Morgan fingerprint density at radius 2 is 1.83 bits per heavy atom. The molecule has 0 radical (unpaired) electrons. The van der Waals surface area contributed by atoms with Crippen LogP contribution in [0.5, 0.6) is 0 Å². The van der Waals surface area contributed by atoms with Gasteiger partial charge < -0.3 is 5.32 Å². The van der Waals surface area contributed by atoms with Crippen molar-refractivity contribution in [2.75, 3.05) is 13.1 Å². The molecule has 1 fully saturated rings. The van der Waals surface area contributed by atoms with E-state index in [-0.39, 0.29) is 0 Å². The zero-order valence-corrected chi connectivity index (χ0v) is 11.9. The first-order valence-electron chi connectivity index (χ1n) is 7.53. The molecule has 1 nitrogen and oxygen atoms in total. The van der Waals surface area contributed by atoms with Gasteiger partial charge in [0.2, 0.25) is 0 Å². The lowest BCUT2D eigenvalue weighted by molar-refractivity contribution is 0.292. The van der Waals surface area contributed by atoms with E-state index in [4.69, 9.17) is 0 Å². The van der Waals surface area contributed by atoms with Gasteiger partial charge in [-0.05, 0) is 49.2 Å². The van der Waals surface area contributed by atoms with Crippen LogP contribution in [0, 0.1) is 11.8 Å². The van der Waals surface area contributed by atoms with E-state index in [1.54, 1.807) is 5.56 Å². The van der Waals surface area contributed by atoms with Gasteiger partial charge in [0.1, 0.15) is 0 Å². The third-order valence-corrected chi connectivity index (χ3v) is 4.10. The monoisotopic (exact) mass is 245 g/mol. The number of hydrogen-bond acceptors (Lipinski definition) is 1. The van der Waals surface area contributed by atoms with Crippen molar-refractivity contribution in [2.45, 2.75) is 45.4 Å². The topological polar surface area (TPSA) is 12.0 Å². The van der Waals surface area contributed by atoms with E-state index in [0.717, 1.165) is 24.3 Å². The minimum Gasteiger partial charge on any atom is -0.316 e. The lowest BCUT2D eigenvalue weighted by Crippen LogP contribution is -2.31. The normalized spacial score (nSPS) is 24.4. The van der Waals surface area contributed by atoms with Crippen molar-refractivity contribution in [1.29, 1.82) is 0 Å². The summed E-state index contributed by atoms with van der Waals surface area (Å²) in [6.45, 7) is 6.90. The van der Waals surface area contributed by atoms with Crippen molar-refractivity contribution >= 4 is 0 Å². The van der Waals surface area contributed by atoms with E-state index >= 15 is 0 Å². The van der Waals surface area contributed by atoms with Crippen LogP contribution >= 0.6 is 0 Å². The lowest BCUT2D eigenvalue weighted by atomic mass is 9.75. The molecular formula is C17H27N. The Bertz CT molecular complexity index is 331. The largest absolute Gasteiger partial charge is 0.316 e. The summed E-state index contributed by atoms with van der Waals surface area (Å²) in [6.07, 6.45) is 5.58. The molecule has 0 amide bonds. The van der Waals surface area contributed by atoms with Crippen LogP contribution in [-0.2, 0) is 0 Å². The predicted octanol–water partition coefficient (Wildman–Crippen LogP) is 4.21. The van der Waals surface area contributed by atoms with Crippen LogP contribution in [0.15, 0.2) is 30.3 Å². The van der Waals surface area contributed by atoms with Crippen molar-refractivity contribution in [2.24, 2.45) is 11.8 Å². The SMILES string of the molecule is CC(C)CNCC1CCCCC1c1ccccc1. The molecule has 1 N–H and O–H groups in total. The molecule has 1 saturated carbocycles. The van der Waals surface area contributed by atoms with Gasteiger partial charge in [0.15, 0.2) is 0 Å². The highest BCUT2D eigenvalue weighted by Crippen LogP contribution is 2.37. The Hall–Kier alpha value is -0.820. The second-order valence-corrected chi connectivity index (χ2v) is 6.11. The smallest absolute Gasteiger partial charge is 0.00146 e. The molecule has 2 atom stereocenters. The molecule has 0 aromatic heterocycles. The molecule has 1 aliphatic rings. The van der Waals surface area contributed by atoms with Gasteiger partial charge >= 0.3 is 0 Å². The van der Waals surface area contributed by atoms with E-state index in [0.29, 0.717) is 0 Å². The molecule has 0 heterocycles. The van der Waals surface area contributed by atoms with Gasteiger partial charge in [-0.2, -0.15) is 0 Å². The summed E-state index contributed by atoms with van der Waals surface area (Å²) < 4.78 is 0. The Labute approximate surface area is 112 Å². The Morgan fingerprint density at radius 3 is 2.56 bits per heavy atom. The summed E-state index contributed by atoms with van der Waals surface area (Å²) in [5.41, 5.74) is 1.55. The van der Waals surface area contributed by atoms with Crippen molar-refractivity contribution in [3.05, 3.63) is 35.9 Å². The quantitative estimate of drug-likeness (QED) is 0.819. The van der Waals surface area contributed by atoms with Crippen molar-refractivity contribution in [1.82, 2.24) is 5.32 Å². The number of hydrogen-bond donors (Lipinski definition) is 1. The zero-order chi connectivity index (χ0) is 12.8. The summed E-state index contributed by atoms with van der Waals surface area (Å²) in [5.74, 6) is 2.36. The summed E-state index contributed by atoms with van der Waals surface area (Å²) in [4.78, 5) is 0. The van der Waals surface area contributed by atoms with Gasteiger partial charge in [-0.15, -0.1) is 0 Å². The third kappa shape index (κ3) is 3.84. The maximum atomic E-state index is 3.65. The van der Waals surface area contributed by atoms with Crippen molar-refractivity contribution < 1.29 is 0 Å². The summed E-state index contributed by atoms with van der Waals surface area (Å²) >= 11 is 0. The molecule has 0 spiro atoms. The fraction of sp³-hybridized carbons (Fsp3) is 0.647. The van der Waals surface area contributed by atoms with E-state index < -0.39 is 0 Å². The molecule has 1 heteroatoms. The fourth-order valence-electron chi connectivity index (χ4n) is 3.15. The molecule has 1 aromatic carbocycles. The second-order valence-electron chi connectivity index (χ2n) is 6.11. The molecular weight excluding hydrogens is 218 g/mol. The predicted molar refractivity (Wildman–Crippen MR) is 78.8 cm³/mol. The van der Waals surface area contributed by atoms with Crippen LogP contribution in [0.25, 0.3) is 0 Å². The molecule has 2 rings (SSSR count). The van der Waals surface area contributed by atoms with E-state index in [1.165, 1.54) is 32.2 Å². The molecule has 0 bridgehead atoms. The molecule has 100 valence electrons. The lowest BCUT2D eigenvalue weighted by Gasteiger charge is -2.32. The zero-order valence-electron chi connectivity index (χ0n) is 11.9. The first-order chi connectivity index (χ1) is 8.77. The van der Waals surface area contributed by atoms with Crippen LogP contribution < -0.4 is 5.32 Å². The molecule has 0 saturated heterocycles. The van der Waals surface area contributed by atoms with Crippen molar-refractivity contribution in [3.63, 3.8) is 0 Å². The van der Waals surface area contributed by atoms with E-state index in [1.807, 2.05) is 0 Å². The van der Waals surface area contributed by atoms with E-state index in [2.05, 4.69) is 49.5 Å². The Morgan fingerprint density at radius 1 is 1.11 bits per heavy atom. The third-order valence-electron chi connectivity index (χ3n) is 4.10. The highest BCUT2D eigenvalue weighted by molar-refractivity contribution is 5.21. The molecule has 1 aromatic rings. The molecule has 18 heavy (non-hydrogen) atoms. The van der Waals surface area contributed by atoms with Crippen LogP contribution in [-0.4, -0.2) is 13.1 Å². The maximum Gasteiger partial charge on any atom is -0.00146 e. The van der Waals surface area contributed by atoms with E-state index in [9.17, 15) is 0 Å². The van der Waals surface area contributed by atoms with Crippen LogP contribution in [0.4, 0.5) is 0 Å². The minimum absolute atomic E-state index is 0.753.